The molecule has 1 aliphatic carbocycles. The zero-order valence-corrected chi connectivity index (χ0v) is 15.8. The first-order chi connectivity index (χ1) is 13.4. The highest BCUT2D eigenvalue weighted by atomic mass is 32.2. The lowest BCUT2D eigenvalue weighted by Gasteiger charge is -2.32. The number of carbonyl (C=O) groups is 2. The van der Waals surface area contributed by atoms with E-state index < -0.39 is 33.7 Å². The van der Waals surface area contributed by atoms with Crippen molar-refractivity contribution in [1.82, 2.24) is 4.90 Å². The number of sulfone groups is 1. The van der Waals surface area contributed by atoms with E-state index in [2.05, 4.69) is 0 Å². The number of ether oxygens (including phenoxy) is 1. The number of hydrogen-bond donors (Lipinski definition) is 1. The number of fused-ring (bicyclic) bond motifs is 3. The van der Waals surface area contributed by atoms with Gasteiger partial charge < -0.3 is 9.84 Å². The molecule has 2 aliphatic rings. The molecule has 1 amide bonds. The summed E-state index contributed by atoms with van der Waals surface area (Å²) in [4.78, 5) is 25.0. The third-order valence-electron chi connectivity index (χ3n) is 5.29. The van der Waals surface area contributed by atoms with Gasteiger partial charge in [-0.05, 0) is 22.3 Å². The van der Waals surface area contributed by atoms with Crippen LogP contribution in [0.4, 0.5) is 4.79 Å². The lowest BCUT2D eigenvalue weighted by Crippen LogP contribution is -2.55. The van der Waals surface area contributed by atoms with Gasteiger partial charge in [0.05, 0.1) is 11.5 Å². The second-order valence-corrected chi connectivity index (χ2v) is 9.19. The van der Waals surface area contributed by atoms with Gasteiger partial charge in [0, 0.05) is 12.5 Å². The maximum atomic E-state index is 12.6. The summed E-state index contributed by atoms with van der Waals surface area (Å²) in [7, 11) is -3.48. The van der Waals surface area contributed by atoms with Gasteiger partial charge in [-0.2, -0.15) is 0 Å². The number of aliphatic carboxylic acids is 1. The van der Waals surface area contributed by atoms with Crippen molar-refractivity contribution in [3.05, 3.63) is 59.7 Å². The summed E-state index contributed by atoms with van der Waals surface area (Å²) in [6, 6.07) is 14.4. The number of amides is 1. The topological polar surface area (TPSA) is 101 Å². The summed E-state index contributed by atoms with van der Waals surface area (Å²) in [5.41, 5.74) is 4.28. The van der Waals surface area contributed by atoms with Crippen LogP contribution in [-0.2, 0) is 19.4 Å². The summed E-state index contributed by atoms with van der Waals surface area (Å²) in [5, 5.41) is 9.32. The summed E-state index contributed by atoms with van der Waals surface area (Å²) < 4.78 is 28.9. The molecule has 8 heteroatoms. The second kappa shape index (κ2) is 6.94. The number of rotatable bonds is 3. The van der Waals surface area contributed by atoms with Crippen molar-refractivity contribution in [2.24, 2.45) is 0 Å². The molecule has 1 aliphatic heterocycles. The van der Waals surface area contributed by atoms with Crippen molar-refractivity contribution < 1.29 is 27.9 Å². The Morgan fingerprint density at radius 3 is 2.18 bits per heavy atom. The zero-order chi connectivity index (χ0) is 19.9. The second-order valence-electron chi connectivity index (χ2n) is 6.97. The van der Waals surface area contributed by atoms with E-state index in [1.54, 1.807) is 0 Å². The molecule has 1 atom stereocenters. The first-order valence-corrected chi connectivity index (χ1v) is 10.7. The number of hydrogen-bond acceptors (Lipinski definition) is 5. The van der Waals surface area contributed by atoms with E-state index >= 15 is 0 Å². The Hall–Kier alpha value is -2.87. The highest BCUT2D eigenvalue weighted by molar-refractivity contribution is 7.91. The van der Waals surface area contributed by atoms with Gasteiger partial charge in [0.2, 0.25) is 0 Å². The molecule has 1 fully saturated rings. The summed E-state index contributed by atoms with van der Waals surface area (Å²) in [6.07, 6.45) is -0.802. The molecule has 2 aromatic carbocycles. The van der Waals surface area contributed by atoms with Crippen LogP contribution in [0.15, 0.2) is 48.5 Å². The molecule has 0 bridgehead atoms. The maximum absolute atomic E-state index is 12.6. The highest BCUT2D eigenvalue weighted by Crippen LogP contribution is 2.44. The van der Waals surface area contributed by atoms with Crippen LogP contribution in [-0.4, -0.2) is 61.2 Å². The molecular formula is C20H19NO6S. The predicted molar refractivity (Wildman–Crippen MR) is 102 cm³/mol. The van der Waals surface area contributed by atoms with Crippen molar-refractivity contribution in [3.8, 4) is 11.1 Å². The van der Waals surface area contributed by atoms with Crippen LogP contribution >= 0.6 is 0 Å². The molecular weight excluding hydrogens is 382 g/mol. The van der Waals surface area contributed by atoms with Gasteiger partial charge in [-0.1, -0.05) is 48.5 Å². The van der Waals surface area contributed by atoms with Crippen LogP contribution in [0.1, 0.15) is 17.0 Å². The fraction of sp³-hybridized carbons (Fsp3) is 0.300. The van der Waals surface area contributed by atoms with Gasteiger partial charge in [0.25, 0.3) is 0 Å². The zero-order valence-electron chi connectivity index (χ0n) is 14.9. The van der Waals surface area contributed by atoms with Crippen molar-refractivity contribution in [2.75, 3.05) is 24.7 Å². The summed E-state index contributed by atoms with van der Waals surface area (Å²) in [5.74, 6) is -2.35. The lowest BCUT2D eigenvalue weighted by atomic mass is 9.98. The Balaban J connectivity index is 1.53. The molecule has 28 heavy (non-hydrogen) atoms. The fourth-order valence-corrected chi connectivity index (χ4v) is 5.35. The highest BCUT2D eigenvalue weighted by Gasteiger charge is 2.40. The van der Waals surface area contributed by atoms with E-state index in [1.807, 2.05) is 48.5 Å². The van der Waals surface area contributed by atoms with Gasteiger partial charge in [-0.15, -0.1) is 0 Å². The molecule has 7 nitrogen and oxygen atoms in total. The Morgan fingerprint density at radius 2 is 1.61 bits per heavy atom. The lowest BCUT2D eigenvalue weighted by molar-refractivity contribution is -0.142. The molecule has 0 aromatic heterocycles. The van der Waals surface area contributed by atoms with Crippen LogP contribution in [0.3, 0.4) is 0 Å². The van der Waals surface area contributed by atoms with E-state index in [-0.39, 0.29) is 24.8 Å². The molecule has 1 heterocycles. The Morgan fingerprint density at radius 1 is 1.04 bits per heavy atom. The fourth-order valence-electron chi connectivity index (χ4n) is 3.91. The van der Waals surface area contributed by atoms with E-state index in [0.717, 1.165) is 27.2 Å². The van der Waals surface area contributed by atoms with Crippen molar-refractivity contribution in [2.45, 2.75) is 12.0 Å². The Kier molecular flexibility index (Phi) is 4.58. The SMILES string of the molecule is O=C(O)[C@@H]1CS(=O)(=O)CCN1C(=O)OCC1c2ccccc2-c2ccccc21. The van der Waals surface area contributed by atoms with E-state index in [0.29, 0.717) is 0 Å². The number of carboxylic acids is 1. The quantitative estimate of drug-likeness (QED) is 0.845. The molecule has 1 saturated heterocycles. The average Bonchev–Trinajstić information content (AvgIpc) is 2.99. The van der Waals surface area contributed by atoms with Crippen LogP contribution in [0.2, 0.25) is 0 Å². The van der Waals surface area contributed by atoms with Gasteiger partial charge in [0.1, 0.15) is 12.6 Å². The molecule has 0 unspecified atom stereocenters. The number of carbonyl (C=O) groups excluding carboxylic acids is 1. The molecule has 0 saturated carbocycles. The molecule has 1 N–H and O–H groups in total. The van der Waals surface area contributed by atoms with E-state index in [9.17, 15) is 23.1 Å². The van der Waals surface area contributed by atoms with Crippen LogP contribution in [0, 0.1) is 0 Å². The van der Waals surface area contributed by atoms with Gasteiger partial charge in [-0.25, -0.2) is 18.0 Å². The van der Waals surface area contributed by atoms with Crippen molar-refractivity contribution in [3.63, 3.8) is 0 Å². The van der Waals surface area contributed by atoms with Crippen LogP contribution in [0.5, 0.6) is 0 Å². The largest absolute Gasteiger partial charge is 0.480 e. The number of benzene rings is 2. The summed E-state index contributed by atoms with van der Waals surface area (Å²) in [6.45, 7) is -0.127. The Labute approximate surface area is 162 Å². The first-order valence-electron chi connectivity index (χ1n) is 8.92. The first kappa shape index (κ1) is 18.5. The molecule has 4 rings (SSSR count). The smallest absolute Gasteiger partial charge is 0.410 e. The minimum absolute atomic E-state index is 0.0580. The maximum Gasteiger partial charge on any atom is 0.410 e. The minimum atomic E-state index is -3.48. The van der Waals surface area contributed by atoms with Crippen molar-refractivity contribution in [1.29, 1.82) is 0 Å². The van der Waals surface area contributed by atoms with E-state index in [4.69, 9.17) is 4.74 Å². The monoisotopic (exact) mass is 401 g/mol. The standard InChI is InChI=1S/C20H19NO6S/c22-19(23)18-12-28(25,26)10-9-21(18)20(24)27-11-17-15-7-3-1-5-13(15)14-6-2-4-8-16(14)17/h1-8,17-18H,9-12H2,(H,22,23)/t18-/m0/s1. The van der Waals surface area contributed by atoms with Crippen molar-refractivity contribution >= 4 is 21.9 Å². The third-order valence-corrected chi connectivity index (χ3v) is 6.92. The van der Waals surface area contributed by atoms with Gasteiger partial charge in [-0.3, -0.25) is 4.90 Å². The molecule has 0 spiro atoms. The normalized spacial score (nSPS) is 20.3. The third kappa shape index (κ3) is 3.24. The Bertz CT molecular complexity index is 1000. The van der Waals surface area contributed by atoms with Gasteiger partial charge >= 0.3 is 12.1 Å². The summed E-state index contributed by atoms with van der Waals surface area (Å²) >= 11 is 0. The average molecular weight is 401 g/mol. The predicted octanol–water partition coefficient (Wildman–Crippen LogP) is 2.12. The molecule has 0 radical (unpaired) electrons. The number of nitrogens with zero attached hydrogens (tertiary/aromatic N) is 1. The molecule has 146 valence electrons. The minimum Gasteiger partial charge on any atom is -0.480 e. The van der Waals surface area contributed by atoms with Crippen LogP contribution < -0.4 is 0 Å². The van der Waals surface area contributed by atoms with Crippen LogP contribution in [0.25, 0.3) is 11.1 Å². The number of carboxylic acid groups (broad SMARTS) is 1. The molecule has 2 aromatic rings. The van der Waals surface area contributed by atoms with Gasteiger partial charge in [0.15, 0.2) is 9.84 Å². The van der Waals surface area contributed by atoms with E-state index in [1.165, 1.54) is 0 Å².